The van der Waals surface area contributed by atoms with Gasteiger partial charge >= 0.3 is 6.09 Å². The van der Waals surface area contributed by atoms with Crippen molar-refractivity contribution in [2.45, 2.75) is 51.0 Å². The van der Waals surface area contributed by atoms with Gasteiger partial charge in [-0.1, -0.05) is 36.4 Å². The van der Waals surface area contributed by atoms with E-state index in [1.165, 1.54) is 24.3 Å². The van der Waals surface area contributed by atoms with Crippen molar-refractivity contribution in [2.75, 3.05) is 18.5 Å². The van der Waals surface area contributed by atoms with Gasteiger partial charge in [0.05, 0.1) is 24.3 Å². The molecule has 8 nitrogen and oxygen atoms in total. The van der Waals surface area contributed by atoms with Crippen LogP contribution >= 0.6 is 11.3 Å². The van der Waals surface area contributed by atoms with Crippen molar-refractivity contribution in [1.82, 2.24) is 5.32 Å². The summed E-state index contributed by atoms with van der Waals surface area (Å²) in [5.74, 6) is -4.23. The van der Waals surface area contributed by atoms with Gasteiger partial charge in [-0.05, 0) is 43.0 Å². The first-order valence-corrected chi connectivity index (χ1v) is 13.8. The predicted octanol–water partition coefficient (Wildman–Crippen LogP) is 5.13. The molecule has 2 N–H and O–H groups in total. The Balaban J connectivity index is 1.37. The third-order valence-corrected chi connectivity index (χ3v) is 8.19. The fourth-order valence-corrected chi connectivity index (χ4v) is 6.15. The molecule has 0 radical (unpaired) electrons. The third-order valence-electron chi connectivity index (χ3n) is 6.99. The molecule has 2 heterocycles. The van der Waals surface area contributed by atoms with E-state index in [0.717, 1.165) is 22.6 Å². The fraction of sp³-hybridized carbons (Fsp3) is 0.345. The fourth-order valence-electron chi connectivity index (χ4n) is 4.90. The van der Waals surface area contributed by atoms with E-state index < -0.39 is 46.8 Å². The summed E-state index contributed by atoms with van der Waals surface area (Å²) in [4.78, 5) is 39.8. The number of nitrogens with one attached hydrogen (secondary N) is 2. The van der Waals surface area contributed by atoms with Crippen LogP contribution in [0.5, 0.6) is 0 Å². The Morgan fingerprint density at radius 1 is 0.975 bits per heavy atom. The summed E-state index contributed by atoms with van der Waals surface area (Å²) in [6.07, 6.45) is 1.06. The molecule has 2 amide bonds. The van der Waals surface area contributed by atoms with Crippen LogP contribution in [0.2, 0.25) is 0 Å². The number of aryl methyl sites for hydroxylation is 1. The van der Waals surface area contributed by atoms with E-state index in [4.69, 9.17) is 14.2 Å². The zero-order chi connectivity index (χ0) is 28.3. The number of hydrogen-bond acceptors (Lipinski definition) is 7. The molecule has 1 saturated heterocycles. The highest BCUT2D eigenvalue weighted by Crippen LogP contribution is 2.43. The lowest BCUT2D eigenvalue weighted by Crippen LogP contribution is -2.41. The van der Waals surface area contributed by atoms with Crippen LogP contribution in [0.15, 0.2) is 48.5 Å². The monoisotopic (exact) mass is 570 g/mol. The van der Waals surface area contributed by atoms with Crippen molar-refractivity contribution >= 4 is 34.1 Å². The van der Waals surface area contributed by atoms with Gasteiger partial charge in [-0.25, -0.2) is 13.6 Å². The van der Waals surface area contributed by atoms with E-state index in [0.29, 0.717) is 44.5 Å². The van der Waals surface area contributed by atoms with Gasteiger partial charge in [0, 0.05) is 17.7 Å². The van der Waals surface area contributed by atoms with E-state index in [1.54, 1.807) is 12.1 Å². The first-order chi connectivity index (χ1) is 19.3. The normalized spacial score (nSPS) is 16.6. The summed E-state index contributed by atoms with van der Waals surface area (Å²) in [5.41, 5.74) is 0.730. The minimum atomic E-state index is -1.03. The van der Waals surface area contributed by atoms with Gasteiger partial charge < -0.3 is 24.8 Å². The lowest BCUT2D eigenvalue weighted by Gasteiger charge is -2.25. The quantitative estimate of drug-likeness (QED) is 0.382. The number of rotatable bonds is 7. The number of fused-ring (bicyclic) bond motifs is 1. The van der Waals surface area contributed by atoms with Crippen molar-refractivity contribution in [1.29, 1.82) is 0 Å². The second kappa shape index (κ2) is 11.8. The number of halogens is 2. The lowest BCUT2D eigenvalue weighted by molar-refractivity contribution is -0.164. The Kier molecular flexibility index (Phi) is 8.24. The average Bonchev–Trinajstić information content (AvgIpc) is 3.50. The van der Waals surface area contributed by atoms with Gasteiger partial charge in [0.15, 0.2) is 5.79 Å². The molecule has 1 aliphatic carbocycles. The Labute approximate surface area is 233 Å². The van der Waals surface area contributed by atoms with Crippen molar-refractivity contribution < 1.29 is 37.4 Å². The maximum Gasteiger partial charge on any atom is 0.408 e. The van der Waals surface area contributed by atoms with Crippen molar-refractivity contribution in [3.8, 4) is 0 Å². The number of carbonyl (C=O) groups excluding carboxylic acids is 3. The smallest absolute Gasteiger partial charge is 0.408 e. The molecule has 1 aliphatic heterocycles. The number of ether oxygens (including phenoxy) is 3. The van der Waals surface area contributed by atoms with E-state index in [-0.39, 0.29) is 17.2 Å². The predicted molar refractivity (Wildman–Crippen MR) is 143 cm³/mol. The molecule has 11 heteroatoms. The van der Waals surface area contributed by atoms with Gasteiger partial charge in [0.1, 0.15) is 29.3 Å². The SMILES string of the molecule is C[C@H](NC(=O)OCc1ccccc1)C(=O)Nc1sc2c(c1C(=O)c1c(F)cccc1F)CCC1(CC2)OCCO1. The molecule has 0 unspecified atom stereocenters. The molecule has 1 atom stereocenters. The van der Waals surface area contributed by atoms with Crippen LogP contribution in [0.1, 0.15) is 51.7 Å². The Morgan fingerprint density at radius 2 is 1.65 bits per heavy atom. The standard InChI is InChI=1S/C29H28F2N2O6S/c1-17(32-28(36)37-16-18-6-3-2-4-7-18)26(35)33-27-23(25(34)24-20(30)8-5-9-21(24)31)19-10-12-29(38-14-15-39-29)13-11-22(19)40-27/h2-9,17H,10-16H2,1H3,(H,32,36)(H,33,35)/t17-/m0/s1. The largest absolute Gasteiger partial charge is 0.445 e. The number of alkyl carbamates (subject to hydrolysis) is 1. The van der Waals surface area contributed by atoms with Crippen LogP contribution in [-0.4, -0.2) is 42.8 Å². The molecule has 5 rings (SSSR count). The van der Waals surface area contributed by atoms with Gasteiger partial charge in [-0.3, -0.25) is 9.59 Å². The molecule has 210 valence electrons. The Hall–Kier alpha value is -3.67. The summed E-state index contributed by atoms with van der Waals surface area (Å²) < 4.78 is 46.2. The highest BCUT2D eigenvalue weighted by Gasteiger charge is 2.40. The average molecular weight is 571 g/mol. The number of anilines is 1. The van der Waals surface area contributed by atoms with Gasteiger partial charge in [0.25, 0.3) is 0 Å². The van der Waals surface area contributed by atoms with Crippen LogP contribution in [0.25, 0.3) is 0 Å². The lowest BCUT2D eigenvalue weighted by atomic mass is 9.96. The second-order valence-corrected chi connectivity index (χ2v) is 10.8. The van der Waals surface area contributed by atoms with Crippen molar-refractivity contribution in [3.63, 3.8) is 0 Å². The minimum absolute atomic E-state index is 0.0282. The molecule has 0 bridgehead atoms. The maximum absolute atomic E-state index is 14.7. The maximum atomic E-state index is 14.7. The molecule has 1 fully saturated rings. The molecule has 1 spiro atoms. The molecule has 0 saturated carbocycles. The highest BCUT2D eigenvalue weighted by atomic mass is 32.1. The van der Waals surface area contributed by atoms with Gasteiger partial charge in [-0.15, -0.1) is 11.3 Å². The van der Waals surface area contributed by atoms with E-state index in [2.05, 4.69) is 10.6 Å². The number of benzene rings is 2. The molecular weight excluding hydrogens is 542 g/mol. The number of ketones is 1. The number of amides is 2. The first-order valence-electron chi connectivity index (χ1n) is 13.0. The summed E-state index contributed by atoms with van der Waals surface area (Å²) >= 11 is 1.17. The van der Waals surface area contributed by atoms with Crippen molar-refractivity contribution in [3.05, 3.63) is 87.3 Å². The van der Waals surface area contributed by atoms with E-state index >= 15 is 0 Å². The molecule has 2 aliphatic rings. The zero-order valence-corrected chi connectivity index (χ0v) is 22.6. The van der Waals surface area contributed by atoms with Crippen LogP contribution in [0, 0.1) is 11.6 Å². The molecule has 1 aromatic heterocycles. The highest BCUT2D eigenvalue weighted by molar-refractivity contribution is 7.17. The number of carbonyl (C=O) groups is 3. The zero-order valence-electron chi connectivity index (χ0n) is 21.8. The van der Waals surface area contributed by atoms with Crippen LogP contribution < -0.4 is 10.6 Å². The molecule has 2 aromatic carbocycles. The number of hydrogen-bond donors (Lipinski definition) is 2. The minimum Gasteiger partial charge on any atom is -0.445 e. The Bertz CT molecular complexity index is 1400. The van der Waals surface area contributed by atoms with Gasteiger partial charge in [-0.2, -0.15) is 0 Å². The van der Waals surface area contributed by atoms with Crippen molar-refractivity contribution in [2.24, 2.45) is 0 Å². The summed E-state index contributed by atoms with van der Waals surface area (Å²) in [5, 5.41) is 5.33. The Morgan fingerprint density at radius 3 is 2.35 bits per heavy atom. The summed E-state index contributed by atoms with van der Waals surface area (Å²) in [6.45, 7) is 2.44. The number of thiophene rings is 1. The topological polar surface area (TPSA) is 103 Å². The second-order valence-electron chi connectivity index (χ2n) is 9.66. The van der Waals surface area contributed by atoms with Crippen LogP contribution in [0.3, 0.4) is 0 Å². The summed E-state index contributed by atoms with van der Waals surface area (Å²) in [7, 11) is 0. The van der Waals surface area contributed by atoms with Gasteiger partial charge in [0.2, 0.25) is 11.7 Å². The molecule has 3 aromatic rings. The van der Waals surface area contributed by atoms with Crippen LogP contribution in [-0.2, 0) is 38.5 Å². The van der Waals surface area contributed by atoms with E-state index in [9.17, 15) is 23.2 Å². The van der Waals surface area contributed by atoms with E-state index in [1.807, 2.05) is 18.2 Å². The molecule has 40 heavy (non-hydrogen) atoms. The summed E-state index contributed by atoms with van der Waals surface area (Å²) in [6, 6.07) is 11.3. The third kappa shape index (κ3) is 5.91. The molecular formula is C29H28F2N2O6S. The van der Waals surface area contributed by atoms with Crippen LogP contribution in [0.4, 0.5) is 18.6 Å². The first kappa shape index (κ1) is 27.9.